The van der Waals surface area contributed by atoms with Crippen LogP contribution in [0.3, 0.4) is 0 Å². The molecule has 0 saturated heterocycles. The molecule has 2 rings (SSSR count). The molecule has 100 valence electrons. The maximum absolute atomic E-state index is 12.3. The summed E-state index contributed by atoms with van der Waals surface area (Å²) in [6.45, 7) is 2.10. The van der Waals surface area contributed by atoms with Gasteiger partial charge in [-0.3, -0.25) is 4.57 Å². The van der Waals surface area contributed by atoms with E-state index in [4.69, 9.17) is 0 Å². The van der Waals surface area contributed by atoms with Crippen molar-refractivity contribution in [2.45, 2.75) is 38.6 Å². The van der Waals surface area contributed by atoms with Crippen LogP contribution in [0, 0.1) is 5.92 Å². The highest BCUT2D eigenvalue weighted by molar-refractivity contribution is 5.21. The van der Waals surface area contributed by atoms with Crippen molar-refractivity contribution in [2.75, 3.05) is 12.4 Å². The van der Waals surface area contributed by atoms with Crippen molar-refractivity contribution in [2.24, 2.45) is 13.0 Å². The molecule has 1 aliphatic rings. The minimum absolute atomic E-state index is 0.0108. The molecule has 1 aromatic heterocycles. The van der Waals surface area contributed by atoms with E-state index in [0.717, 1.165) is 19.3 Å². The van der Waals surface area contributed by atoms with Crippen molar-refractivity contribution in [3.05, 3.63) is 21.0 Å². The molecule has 6 nitrogen and oxygen atoms in total. The molecule has 1 N–H and O–H groups in total. The second-order valence-electron chi connectivity index (χ2n) is 5.01. The number of nitrogens with zero attached hydrogens (tertiary/aromatic N) is 3. The van der Waals surface area contributed by atoms with Gasteiger partial charge in [0.05, 0.1) is 0 Å². The van der Waals surface area contributed by atoms with Gasteiger partial charge in [0.1, 0.15) is 0 Å². The lowest BCUT2D eigenvalue weighted by Crippen LogP contribution is -2.45. The van der Waals surface area contributed by atoms with Crippen molar-refractivity contribution in [1.29, 1.82) is 0 Å². The zero-order valence-electron chi connectivity index (χ0n) is 11.1. The number of aromatic nitrogens is 3. The predicted octanol–water partition coefficient (Wildman–Crippen LogP) is 0.735. The number of anilines is 1. The van der Waals surface area contributed by atoms with Crippen LogP contribution in [-0.4, -0.2) is 21.2 Å². The molecular weight excluding hydrogens is 232 g/mol. The fraction of sp³-hybridized carbons (Fsp3) is 0.750. The fourth-order valence-electron chi connectivity index (χ4n) is 2.74. The average Bonchev–Trinajstić information content (AvgIpc) is 2.36. The molecule has 0 aromatic carbocycles. The molecule has 18 heavy (non-hydrogen) atoms. The number of hydrogen-bond donors (Lipinski definition) is 1. The van der Waals surface area contributed by atoms with E-state index in [1.54, 1.807) is 14.1 Å². The lowest BCUT2D eigenvalue weighted by Gasteiger charge is -2.29. The van der Waals surface area contributed by atoms with E-state index in [0.29, 0.717) is 11.9 Å². The molecule has 0 spiro atoms. The zero-order valence-corrected chi connectivity index (χ0v) is 11.1. The van der Waals surface area contributed by atoms with Crippen molar-refractivity contribution in [3.63, 3.8) is 0 Å². The van der Waals surface area contributed by atoms with Crippen LogP contribution in [0.25, 0.3) is 0 Å². The van der Waals surface area contributed by atoms with Crippen molar-refractivity contribution in [3.8, 4) is 0 Å². The largest absolute Gasteiger partial charge is 0.358 e. The van der Waals surface area contributed by atoms with Crippen LogP contribution in [0.5, 0.6) is 0 Å². The van der Waals surface area contributed by atoms with Crippen LogP contribution in [-0.2, 0) is 7.05 Å². The average molecular weight is 252 g/mol. The lowest BCUT2D eigenvalue weighted by molar-refractivity contribution is 0.240. The molecule has 2 atom stereocenters. The van der Waals surface area contributed by atoms with Crippen LogP contribution >= 0.6 is 0 Å². The molecule has 2 unspecified atom stereocenters. The maximum atomic E-state index is 12.3. The summed E-state index contributed by atoms with van der Waals surface area (Å²) in [6, 6.07) is -0.0108. The third kappa shape index (κ3) is 2.07. The molecule has 1 fully saturated rings. The van der Waals surface area contributed by atoms with Gasteiger partial charge < -0.3 is 5.32 Å². The van der Waals surface area contributed by atoms with Gasteiger partial charge in [-0.25, -0.2) is 14.2 Å². The second-order valence-corrected chi connectivity index (χ2v) is 5.01. The van der Waals surface area contributed by atoms with E-state index in [2.05, 4.69) is 17.2 Å². The first kappa shape index (κ1) is 12.9. The molecule has 6 heteroatoms. The molecular formula is C12H20N4O2. The van der Waals surface area contributed by atoms with E-state index >= 15 is 0 Å². The summed E-state index contributed by atoms with van der Waals surface area (Å²) in [4.78, 5) is 28.2. The Hall–Kier alpha value is -1.59. The van der Waals surface area contributed by atoms with Gasteiger partial charge in [0, 0.05) is 20.1 Å². The Labute approximate surface area is 106 Å². The molecule has 1 aliphatic carbocycles. The van der Waals surface area contributed by atoms with Gasteiger partial charge in [-0.2, -0.15) is 4.98 Å². The van der Waals surface area contributed by atoms with Crippen molar-refractivity contribution >= 4 is 5.95 Å². The Morgan fingerprint density at radius 2 is 1.94 bits per heavy atom. The quantitative estimate of drug-likeness (QED) is 0.842. The standard InChI is InChI=1S/C12H20N4O2/c1-8-6-4-5-7-9(8)16-11(17)14-10(13-2)15(3)12(16)18/h8-9H,4-7H2,1-3H3,(H,13,14,17). The molecule has 1 heterocycles. The molecule has 0 amide bonds. The highest BCUT2D eigenvalue weighted by atomic mass is 16.2. The van der Waals surface area contributed by atoms with Crippen molar-refractivity contribution < 1.29 is 0 Å². The monoisotopic (exact) mass is 252 g/mol. The molecule has 1 saturated carbocycles. The molecule has 0 aliphatic heterocycles. The van der Waals surface area contributed by atoms with E-state index in [1.807, 2.05) is 0 Å². The van der Waals surface area contributed by atoms with E-state index in [9.17, 15) is 9.59 Å². The van der Waals surface area contributed by atoms with Gasteiger partial charge in [-0.05, 0) is 18.8 Å². The summed E-state index contributed by atoms with van der Waals surface area (Å²) >= 11 is 0. The van der Waals surface area contributed by atoms with Crippen molar-refractivity contribution in [1.82, 2.24) is 14.1 Å². The second kappa shape index (κ2) is 4.96. The molecule has 0 bridgehead atoms. The van der Waals surface area contributed by atoms with Gasteiger partial charge in [0.15, 0.2) is 0 Å². The topological polar surface area (TPSA) is 68.9 Å². The third-order valence-electron chi connectivity index (χ3n) is 3.84. The van der Waals surface area contributed by atoms with Crippen LogP contribution in [0.4, 0.5) is 5.95 Å². The van der Waals surface area contributed by atoms with Crippen LogP contribution < -0.4 is 16.7 Å². The number of hydrogen-bond acceptors (Lipinski definition) is 4. The SMILES string of the molecule is CNc1nc(=O)n(C2CCCCC2C)c(=O)n1C. The smallest absolute Gasteiger partial charge is 0.355 e. The van der Waals surface area contributed by atoms with Crippen LogP contribution in [0.1, 0.15) is 38.6 Å². The fourth-order valence-corrected chi connectivity index (χ4v) is 2.74. The lowest BCUT2D eigenvalue weighted by atomic mass is 9.86. The Balaban J connectivity index is 2.54. The van der Waals surface area contributed by atoms with Gasteiger partial charge in [-0.1, -0.05) is 19.8 Å². The third-order valence-corrected chi connectivity index (χ3v) is 3.84. The highest BCUT2D eigenvalue weighted by Gasteiger charge is 2.26. The summed E-state index contributed by atoms with van der Waals surface area (Å²) in [7, 11) is 3.28. The van der Waals surface area contributed by atoms with Gasteiger partial charge in [0.2, 0.25) is 5.95 Å². The van der Waals surface area contributed by atoms with Gasteiger partial charge in [-0.15, -0.1) is 0 Å². The summed E-state index contributed by atoms with van der Waals surface area (Å²) in [6.07, 6.45) is 4.19. The van der Waals surface area contributed by atoms with Gasteiger partial charge >= 0.3 is 11.4 Å². The minimum Gasteiger partial charge on any atom is -0.358 e. The Kier molecular flexibility index (Phi) is 3.54. The molecule has 1 aromatic rings. The summed E-state index contributed by atoms with van der Waals surface area (Å²) < 4.78 is 2.72. The van der Waals surface area contributed by atoms with E-state index < -0.39 is 5.69 Å². The number of nitrogens with one attached hydrogen (secondary N) is 1. The van der Waals surface area contributed by atoms with Crippen LogP contribution in [0.2, 0.25) is 0 Å². The number of rotatable bonds is 2. The van der Waals surface area contributed by atoms with Gasteiger partial charge in [0.25, 0.3) is 0 Å². The zero-order chi connectivity index (χ0) is 13.3. The Morgan fingerprint density at radius 1 is 1.28 bits per heavy atom. The first-order valence-corrected chi connectivity index (χ1v) is 6.43. The highest BCUT2D eigenvalue weighted by Crippen LogP contribution is 2.31. The summed E-state index contributed by atoms with van der Waals surface area (Å²) in [5, 5.41) is 2.76. The van der Waals surface area contributed by atoms with E-state index in [-0.39, 0.29) is 11.7 Å². The predicted molar refractivity (Wildman–Crippen MR) is 70.0 cm³/mol. The Morgan fingerprint density at radius 3 is 2.56 bits per heavy atom. The normalized spacial score (nSPS) is 23.9. The molecule has 0 radical (unpaired) electrons. The maximum Gasteiger partial charge on any atom is 0.355 e. The minimum atomic E-state index is -0.443. The van der Waals surface area contributed by atoms with E-state index in [1.165, 1.54) is 15.6 Å². The van der Waals surface area contributed by atoms with Crippen LogP contribution in [0.15, 0.2) is 9.59 Å². The summed E-state index contributed by atoms with van der Waals surface area (Å²) in [5.74, 6) is 0.663. The first-order chi connectivity index (χ1) is 8.56. The Bertz CT molecular complexity index is 546. The first-order valence-electron chi connectivity index (χ1n) is 6.43. The summed E-state index contributed by atoms with van der Waals surface area (Å²) in [5.41, 5.74) is -0.723.